The first kappa shape index (κ1) is 10.2. The number of rotatable bonds is 4. The minimum absolute atomic E-state index is 0.407. The average Bonchev–Trinajstić information content (AvgIpc) is 1.98. The predicted molar refractivity (Wildman–Crippen MR) is 42.2 cm³/mol. The summed E-state index contributed by atoms with van der Waals surface area (Å²) < 4.78 is 0. The number of carbonyl (C=O) groups is 1. The Labute approximate surface area is 66.4 Å². The third-order valence-corrected chi connectivity index (χ3v) is 1.58. The van der Waals surface area contributed by atoms with Gasteiger partial charge in [-0.05, 0) is 20.3 Å². The second-order valence-corrected chi connectivity index (χ2v) is 2.50. The predicted octanol–water partition coefficient (Wildman–Crippen LogP) is 1.03. The molecule has 11 heavy (non-hydrogen) atoms. The summed E-state index contributed by atoms with van der Waals surface area (Å²) in [4.78, 5) is 10.3. The molecule has 0 aromatic heterocycles. The minimum Gasteiger partial charge on any atom is -0.481 e. The highest BCUT2D eigenvalue weighted by molar-refractivity contribution is 5.70. The summed E-state index contributed by atoms with van der Waals surface area (Å²) in [5, 5.41) is 17.7. The molecule has 0 fully saturated rings. The lowest BCUT2D eigenvalue weighted by molar-refractivity contribution is -0.144. The third kappa shape index (κ3) is 3.78. The lowest BCUT2D eigenvalue weighted by Gasteiger charge is -2.11. The van der Waals surface area contributed by atoms with Crippen LogP contribution in [0.1, 0.15) is 20.3 Å². The zero-order chi connectivity index (χ0) is 8.85. The van der Waals surface area contributed by atoms with Crippen LogP contribution >= 0.6 is 0 Å². The van der Waals surface area contributed by atoms with Crippen LogP contribution in [0.4, 0.5) is 0 Å². The molecule has 0 saturated carbocycles. The molecule has 0 aromatic rings. The summed E-state index contributed by atoms with van der Waals surface area (Å²) in [6.07, 6.45) is 3.18. The van der Waals surface area contributed by atoms with Crippen molar-refractivity contribution in [1.29, 1.82) is 0 Å². The van der Waals surface area contributed by atoms with Gasteiger partial charge in [0.1, 0.15) is 0 Å². The molecule has 0 amide bonds. The van der Waals surface area contributed by atoms with Crippen LogP contribution in [-0.2, 0) is 4.79 Å². The summed E-state index contributed by atoms with van der Waals surface area (Å²) in [5.74, 6) is -1.65. The Bertz CT molecular complexity index is 151. The van der Waals surface area contributed by atoms with Crippen molar-refractivity contribution in [2.75, 3.05) is 0 Å². The van der Waals surface area contributed by atoms with Gasteiger partial charge in [0.15, 0.2) is 0 Å². The average molecular weight is 158 g/mol. The highest BCUT2D eigenvalue weighted by atomic mass is 16.4. The van der Waals surface area contributed by atoms with Gasteiger partial charge < -0.3 is 10.2 Å². The van der Waals surface area contributed by atoms with Gasteiger partial charge in [-0.1, -0.05) is 12.2 Å². The Morgan fingerprint density at radius 2 is 2.18 bits per heavy atom. The Hall–Kier alpha value is -0.830. The van der Waals surface area contributed by atoms with Crippen LogP contribution in [0, 0.1) is 5.92 Å². The molecular formula is C8H14O3. The number of hydrogen-bond acceptors (Lipinski definition) is 2. The highest BCUT2D eigenvalue weighted by Gasteiger charge is 2.19. The van der Waals surface area contributed by atoms with E-state index in [-0.39, 0.29) is 0 Å². The van der Waals surface area contributed by atoms with Gasteiger partial charge >= 0.3 is 5.97 Å². The van der Waals surface area contributed by atoms with E-state index in [4.69, 9.17) is 5.11 Å². The normalized spacial score (nSPS) is 16.6. The van der Waals surface area contributed by atoms with Crippen molar-refractivity contribution in [3.8, 4) is 0 Å². The molecule has 0 aliphatic heterocycles. The Balaban J connectivity index is 3.82. The van der Waals surface area contributed by atoms with E-state index in [9.17, 15) is 9.90 Å². The fraction of sp³-hybridized carbons (Fsp3) is 0.625. The summed E-state index contributed by atoms with van der Waals surface area (Å²) >= 11 is 0. The van der Waals surface area contributed by atoms with Crippen LogP contribution < -0.4 is 0 Å². The third-order valence-electron chi connectivity index (χ3n) is 1.58. The second-order valence-electron chi connectivity index (χ2n) is 2.50. The molecule has 2 N–H and O–H groups in total. The number of aliphatic hydroxyl groups is 1. The van der Waals surface area contributed by atoms with Crippen molar-refractivity contribution in [3.05, 3.63) is 12.2 Å². The molecule has 64 valence electrons. The summed E-state index contributed by atoms with van der Waals surface area (Å²) in [6, 6.07) is 0. The van der Waals surface area contributed by atoms with Gasteiger partial charge in [0.05, 0.1) is 12.0 Å². The first-order valence-electron chi connectivity index (χ1n) is 3.61. The monoisotopic (exact) mass is 158 g/mol. The molecule has 0 bridgehead atoms. The van der Waals surface area contributed by atoms with Gasteiger partial charge in [-0.15, -0.1) is 0 Å². The van der Waals surface area contributed by atoms with E-state index in [1.807, 2.05) is 6.92 Å². The zero-order valence-corrected chi connectivity index (χ0v) is 6.82. The first-order chi connectivity index (χ1) is 5.09. The Morgan fingerprint density at radius 3 is 2.55 bits per heavy atom. The number of aliphatic hydroxyl groups excluding tert-OH is 1. The van der Waals surface area contributed by atoms with Crippen molar-refractivity contribution in [2.45, 2.75) is 26.4 Å². The summed E-state index contributed by atoms with van der Waals surface area (Å²) in [5.41, 5.74) is 0. The topological polar surface area (TPSA) is 57.5 Å². The van der Waals surface area contributed by atoms with Crippen LogP contribution in [-0.4, -0.2) is 22.3 Å². The molecule has 0 aliphatic rings. The van der Waals surface area contributed by atoms with Gasteiger partial charge in [0, 0.05) is 0 Å². The van der Waals surface area contributed by atoms with Gasteiger partial charge in [0.25, 0.3) is 0 Å². The van der Waals surface area contributed by atoms with Crippen LogP contribution in [0.15, 0.2) is 12.2 Å². The maximum atomic E-state index is 10.3. The minimum atomic E-state index is -0.956. The van der Waals surface area contributed by atoms with E-state index in [2.05, 4.69) is 0 Å². The Morgan fingerprint density at radius 1 is 1.64 bits per heavy atom. The first-order valence-corrected chi connectivity index (χ1v) is 3.61. The summed E-state index contributed by atoms with van der Waals surface area (Å²) in [7, 11) is 0. The number of hydrogen-bond donors (Lipinski definition) is 2. The number of allylic oxidation sites excluding steroid dienone is 1. The van der Waals surface area contributed by atoms with Crippen LogP contribution in [0.5, 0.6) is 0 Å². The molecule has 3 heteroatoms. The fourth-order valence-corrected chi connectivity index (χ4v) is 0.644. The van der Waals surface area contributed by atoms with Gasteiger partial charge in [-0.2, -0.15) is 0 Å². The summed E-state index contributed by atoms with van der Waals surface area (Å²) in [6.45, 7) is 3.33. The quantitative estimate of drug-likeness (QED) is 0.601. The number of aliphatic carboxylic acids is 1. The SMILES string of the molecule is C/C=C\C[C@@H](O)[C@@H](C)C(=O)O. The Kier molecular flexibility index (Phi) is 4.54. The fourth-order valence-electron chi connectivity index (χ4n) is 0.644. The van der Waals surface area contributed by atoms with E-state index in [1.54, 1.807) is 12.2 Å². The smallest absolute Gasteiger partial charge is 0.308 e. The zero-order valence-electron chi connectivity index (χ0n) is 6.82. The van der Waals surface area contributed by atoms with Crippen molar-refractivity contribution in [1.82, 2.24) is 0 Å². The molecule has 0 saturated heterocycles. The molecule has 0 unspecified atom stereocenters. The van der Waals surface area contributed by atoms with E-state index in [0.29, 0.717) is 6.42 Å². The molecule has 3 nitrogen and oxygen atoms in total. The van der Waals surface area contributed by atoms with Gasteiger partial charge in [0.2, 0.25) is 0 Å². The maximum absolute atomic E-state index is 10.3. The van der Waals surface area contributed by atoms with Crippen LogP contribution in [0.3, 0.4) is 0 Å². The van der Waals surface area contributed by atoms with Crippen molar-refractivity contribution in [3.63, 3.8) is 0 Å². The van der Waals surface area contributed by atoms with E-state index in [0.717, 1.165) is 0 Å². The van der Waals surface area contributed by atoms with Crippen LogP contribution in [0.25, 0.3) is 0 Å². The second kappa shape index (κ2) is 4.91. The molecule has 0 rings (SSSR count). The standard InChI is InChI=1S/C8H14O3/c1-3-4-5-7(9)6(2)8(10)11/h3-4,6-7,9H,5H2,1-2H3,(H,10,11)/b4-3-/t6-,7-/m1/s1. The lowest BCUT2D eigenvalue weighted by Crippen LogP contribution is -2.24. The molecule has 0 spiro atoms. The molecule has 0 heterocycles. The van der Waals surface area contributed by atoms with Crippen molar-refractivity contribution in [2.24, 2.45) is 5.92 Å². The van der Waals surface area contributed by atoms with E-state index in [1.165, 1.54) is 6.92 Å². The molecular weight excluding hydrogens is 144 g/mol. The molecule has 0 aliphatic carbocycles. The van der Waals surface area contributed by atoms with Crippen LogP contribution in [0.2, 0.25) is 0 Å². The number of carboxylic acids is 1. The lowest BCUT2D eigenvalue weighted by atomic mass is 10.0. The maximum Gasteiger partial charge on any atom is 0.308 e. The van der Waals surface area contributed by atoms with E-state index < -0.39 is 18.0 Å². The number of carboxylic acid groups (broad SMARTS) is 1. The highest BCUT2D eigenvalue weighted by Crippen LogP contribution is 2.07. The largest absolute Gasteiger partial charge is 0.481 e. The van der Waals surface area contributed by atoms with E-state index >= 15 is 0 Å². The van der Waals surface area contributed by atoms with Gasteiger partial charge in [-0.3, -0.25) is 4.79 Å². The molecule has 0 aromatic carbocycles. The van der Waals surface area contributed by atoms with Gasteiger partial charge in [-0.25, -0.2) is 0 Å². The van der Waals surface area contributed by atoms with Crippen molar-refractivity contribution >= 4 is 5.97 Å². The van der Waals surface area contributed by atoms with Crippen molar-refractivity contribution < 1.29 is 15.0 Å². The molecule has 2 atom stereocenters. The molecule has 0 radical (unpaired) electrons.